The van der Waals surface area contributed by atoms with Crippen LogP contribution in [0.25, 0.3) is 0 Å². The number of aryl methyl sites for hydroxylation is 1. The summed E-state index contributed by atoms with van der Waals surface area (Å²) in [6.45, 7) is 3.65. The number of hydrogen-bond acceptors (Lipinski definition) is 6. The van der Waals surface area contributed by atoms with Crippen LogP contribution in [0.5, 0.6) is 0 Å². The van der Waals surface area contributed by atoms with E-state index >= 15 is 0 Å². The number of alkyl halides is 1. The third kappa shape index (κ3) is 5.12. The topological polar surface area (TPSA) is 71.0 Å². The lowest BCUT2D eigenvalue weighted by Gasteiger charge is -2.32. The van der Waals surface area contributed by atoms with Crippen LogP contribution in [0.1, 0.15) is 29.8 Å². The van der Waals surface area contributed by atoms with Crippen LogP contribution in [-0.2, 0) is 11.2 Å². The van der Waals surface area contributed by atoms with Gasteiger partial charge >= 0.3 is 0 Å². The van der Waals surface area contributed by atoms with Crippen molar-refractivity contribution in [2.24, 2.45) is 5.92 Å². The van der Waals surface area contributed by atoms with E-state index in [1.54, 1.807) is 17.7 Å². The van der Waals surface area contributed by atoms with Gasteiger partial charge in [0, 0.05) is 48.2 Å². The van der Waals surface area contributed by atoms with Crippen molar-refractivity contribution in [2.75, 3.05) is 24.3 Å². The molecule has 1 aliphatic heterocycles. The third-order valence-corrected chi connectivity index (χ3v) is 5.28. The third-order valence-electron chi connectivity index (χ3n) is 4.26. The van der Waals surface area contributed by atoms with Gasteiger partial charge in [-0.2, -0.15) is 0 Å². The number of aromatic nitrogens is 3. The number of likely N-dealkylation sites (tertiary alicyclic amines) is 1. The Bertz CT molecular complexity index is 723. The van der Waals surface area contributed by atoms with Gasteiger partial charge in [0.1, 0.15) is 12.1 Å². The molecule has 0 radical (unpaired) electrons. The number of hydrogen-bond donors (Lipinski definition) is 1. The Morgan fingerprint density at radius 3 is 3.08 bits per heavy atom. The quantitative estimate of drug-likeness (QED) is 0.779. The molecule has 0 saturated carbocycles. The van der Waals surface area contributed by atoms with E-state index in [9.17, 15) is 4.79 Å². The standard InChI is InChI=1S/C17H22ClN5OS/c1-12-9-19-17(25-12)22-15-8-14(20-11-21-15)7-13-3-2-6-23(10-13)16(24)4-5-18/h8-9,11,13H,2-7,10H2,1H3,(H,19,20,21,22). The molecular weight excluding hydrogens is 358 g/mol. The Balaban J connectivity index is 1.60. The molecule has 0 spiro atoms. The Labute approximate surface area is 156 Å². The number of piperidine rings is 1. The van der Waals surface area contributed by atoms with E-state index in [0.29, 0.717) is 18.2 Å². The molecule has 2 aromatic rings. The first-order valence-corrected chi connectivity index (χ1v) is 9.83. The maximum atomic E-state index is 12.1. The lowest BCUT2D eigenvalue weighted by atomic mass is 9.93. The van der Waals surface area contributed by atoms with Gasteiger partial charge in [0.05, 0.1) is 0 Å². The van der Waals surface area contributed by atoms with Crippen LogP contribution in [0.15, 0.2) is 18.6 Å². The van der Waals surface area contributed by atoms with Gasteiger partial charge in [-0.15, -0.1) is 22.9 Å². The summed E-state index contributed by atoms with van der Waals surface area (Å²) in [4.78, 5) is 28.1. The van der Waals surface area contributed by atoms with E-state index in [2.05, 4.69) is 20.3 Å². The fourth-order valence-corrected chi connectivity index (χ4v) is 3.93. The lowest BCUT2D eigenvalue weighted by Crippen LogP contribution is -2.40. The van der Waals surface area contributed by atoms with Crippen molar-refractivity contribution in [1.82, 2.24) is 19.9 Å². The first kappa shape index (κ1) is 18.1. The highest BCUT2D eigenvalue weighted by atomic mass is 35.5. The fourth-order valence-electron chi connectivity index (χ4n) is 3.09. The summed E-state index contributed by atoms with van der Waals surface area (Å²) < 4.78 is 0. The van der Waals surface area contributed by atoms with Gasteiger partial charge in [-0.25, -0.2) is 15.0 Å². The second kappa shape index (κ2) is 8.58. The van der Waals surface area contributed by atoms with Crippen molar-refractivity contribution in [3.63, 3.8) is 0 Å². The van der Waals surface area contributed by atoms with Crippen molar-refractivity contribution >= 4 is 39.8 Å². The maximum Gasteiger partial charge on any atom is 0.223 e. The van der Waals surface area contributed by atoms with Crippen LogP contribution in [0.4, 0.5) is 10.9 Å². The Kier molecular flexibility index (Phi) is 6.20. The molecule has 8 heteroatoms. The highest BCUT2D eigenvalue weighted by Gasteiger charge is 2.23. The van der Waals surface area contributed by atoms with E-state index in [1.165, 1.54) is 0 Å². The fraction of sp³-hybridized carbons (Fsp3) is 0.529. The summed E-state index contributed by atoms with van der Waals surface area (Å²) in [5.74, 6) is 1.73. The molecule has 0 aromatic carbocycles. The van der Waals surface area contributed by atoms with E-state index in [1.807, 2.05) is 24.1 Å². The van der Waals surface area contributed by atoms with Gasteiger partial charge in [-0.05, 0) is 32.1 Å². The first-order chi connectivity index (χ1) is 12.1. The molecule has 0 bridgehead atoms. The number of thiazole rings is 1. The van der Waals surface area contributed by atoms with Gasteiger partial charge in [0.2, 0.25) is 5.91 Å². The average Bonchev–Trinajstić information content (AvgIpc) is 3.00. The molecule has 1 unspecified atom stereocenters. The van der Waals surface area contributed by atoms with Crippen LogP contribution in [0, 0.1) is 12.8 Å². The van der Waals surface area contributed by atoms with Gasteiger partial charge < -0.3 is 10.2 Å². The average molecular weight is 380 g/mol. The zero-order chi connectivity index (χ0) is 17.6. The van der Waals surface area contributed by atoms with Crippen LogP contribution >= 0.6 is 22.9 Å². The number of anilines is 2. The molecule has 0 aliphatic carbocycles. The highest BCUT2D eigenvalue weighted by Crippen LogP contribution is 2.23. The van der Waals surface area contributed by atoms with Crippen LogP contribution in [0.2, 0.25) is 0 Å². The van der Waals surface area contributed by atoms with Crippen LogP contribution in [0.3, 0.4) is 0 Å². The number of halogens is 1. The van der Waals surface area contributed by atoms with Gasteiger partial charge in [-0.3, -0.25) is 4.79 Å². The molecule has 1 N–H and O–H groups in total. The van der Waals surface area contributed by atoms with E-state index < -0.39 is 0 Å². The molecule has 1 saturated heterocycles. The molecule has 2 aromatic heterocycles. The summed E-state index contributed by atoms with van der Waals surface area (Å²) in [6.07, 6.45) is 6.83. The summed E-state index contributed by atoms with van der Waals surface area (Å²) in [5, 5.41) is 4.05. The Morgan fingerprint density at radius 2 is 2.32 bits per heavy atom. The van der Waals surface area contributed by atoms with Gasteiger partial charge in [-0.1, -0.05) is 0 Å². The molecule has 3 rings (SSSR count). The molecule has 1 fully saturated rings. The van der Waals surface area contributed by atoms with Crippen molar-refractivity contribution in [1.29, 1.82) is 0 Å². The number of nitrogens with one attached hydrogen (secondary N) is 1. The molecule has 1 aliphatic rings. The number of carbonyl (C=O) groups excluding carboxylic acids is 1. The predicted molar refractivity (Wildman–Crippen MR) is 101 cm³/mol. The molecular formula is C17H22ClN5OS. The van der Waals surface area contributed by atoms with Crippen molar-refractivity contribution in [2.45, 2.75) is 32.6 Å². The van der Waals surface area contributed by atoms with Crippen LogP contribution in [-0.4, -0.2) is 44.7 Å². The number of amides is 1. The number of nitrogens with zero attached hydrogens (tertiary/aromatic N) is 4. The van der Waals surface area contributed by atoms with E-state index in [0.717, 1.165) is 53.9 Å². The highest BCUT2D eigenvalue weighted by molar-refractivity contribution is 7.15. The molecule has 25 heavy (non-hydrogen) atoms. The second-order valence-electron chi connectivity index (χ2n) is 6.29. The first-order valence-electron chi connectivity index (χ1n) is 8.48. The van der Waals surface area contributed by atoms with Crippen molar-refractivity contribution < 1.29 is 4.79 Å². The maximum absolute atomic E-state index is 12.1. The minimum atomic E-state index is 0.156. The number of carbonyl (C=O) groups is 1. The molecule has 134 valence electrons. The van der Waals surface area contributed by atoms with E-state index in [4.69, 9.17) is 11.6 Å². The summed E-state index contributed by atoms with van der Waals surface area (Å²) in [5.41, 5.74) is 0.988. The largest absolute Gasteiger partial charge is 0.342 e. The van der Waals surface area contributed by atoms with Crippen molar-refractivity contribution in [3.05, 3.63) is 29.2 Å². The minimum Gasteiger partial charge on any atom is -0.342 e. The normalized spacial score (nSPS) is 17.5. The zero-order valence-corrected chi connectivity index (χ0v) is 15.8. The summed E-state index contributed by atoms with van der Waals surface area (Å²) in [6, 6.07) is 1.97. The lowest BCUT2D eigenvalue weighted by molar-refractivity contribution is -0.132. The Morgan fingerprint density at radius 1 is 1.44 bits per heavy atom. The van der Waals surface area contributed by atoms with Crippen LogP contribution < -0.4 is 5.32 Å². The smallest absolute Gasteiger partial charge is 0.223 e. The zero-order valence-electron chi connectivity index (χ0n) is 14.2. The molecule has 1 amide bonds. The second-order valence-corrected chi connectivity index (χ2v) is 7.90. The monoisotopic (exact) mass is 379 g/mol. The van der Waals surface area contributed by atoms with Gasteiger partial charge in [0.25, 0.3) is 0 Å². The molecule has 3 heterocycles. The van der Waals surface area contributed by atoms with E-state index in [-0.39, 0.29) is 5.91 Å². The van der Waals surface area contributed by atoms with Crippen molar-refractivity contribution in [3.8, 4) is 0 Å². The molecule has 1 atom stereocenters. The summed E-state index contributed by atoms with van der Waals surface area (Å²) in [7, 11) is 0. The SMILES string of the molecule is Cc1cnc(Nc2cc(CC3CCCN(C(=O)CCCl)C3)ncn2)s1. The van der Waals surface area contributed by atoms with Gasteiger partial charge in [0.15, 0.2) is 5.13 Å². The Hall–Kier alpha value is -1.73. The predicted octanol–water partition coefficient (Wildman–Crippen LogP) is 3.40. The number of rotatable bonds is 6. The molecule has 6 nitrogen and oxygen atoms in total. The summed E-state index contributed by atoms with van der Waals surface area (Å²) >= 11 is 7.29. The minimum absolute atomic E-state index is 0.156.